The van der Waals surface area contributed by atoms with Crippen molar-refractivity contribution in [2.24, 2.45) is 0 Å². The van der Waals surface area contributed by atoms with Gasteiger partial charge in [-0.05, 0) is 50.0 Å². The molecule has 24 heavy (non-hydrogen) atoms. The van der Waals surface area contributed by atoms with Crippen LogP contribution in [0.15, 0.2) is 29.6 Å². The molecular formula is C19H25N3OS. The number of rotatable bonds is 6. The van der Waals surface area contributed by atoms with Crippen molar-refractivity contribution < 1.29 is 4.79 Å². The molecular weight excluding hydrogens is 318 g/mol. The van der Waals surface area contributed by atoms with Crippen molar-refractivity contribution in [3.63, 3.8) is 0 Å². The highest BCUT2D eigenvalue weighted by Gasteiger charge is 2.13. The first-order valence-corrected chi connectivity index (χ1v) is 9.65. The van der Waals surface area contributed by atoms with Gasteiger partial charge in [0.2, 0.25) is 5.91 Å². The number of anilines is 1. The van der Waals surface area contributed by atoms with Crippen LogP contribution in [-0.2, 0) is 24.2 Å². The predicted molar refractivity (Wildman–Crippen MR) is 99.4 cm³/mol. The Bertz CT molecular complexity index is 660. The van der Waals surface area contributed by atoms with Crippen LogP contribution in [0.4, 0.5) is 5.69 Å². The van der Waals surface area contributed by atoms with E-state index in [4.69, 9.17) is 0 Å². The maximum Gasteiger partial charge on any atom is 0.230 e. The maximum atomic E-state index is 12.2. The highest BCUT2D eigenvalue weighted by molar-refractivity contribution is 7.09. The lowest BCUT2D eigenvalue weighted by Crippen LogP contribution is -2.29. The summed E-state index contributed by atoms with van der Waals surface area (Å²) >= 11 is 1.66. The largest absolute Gasteiger partial charge is 0.326 e. The molecule has 1 aromatic heterocycles. The van der Waals surface area contributed by atoms with Gasteiger partial charge in [-0.15, -0.1) is 11.3 Å². The van der Waals surface area contributed by atoms with E-state index in [1.165, 1.54) is 37.9 Å². The zero-order chi connectivity index (χ0) is 16.8. The van der Waals surface area contributed by atoms with Crippen molar-refractivity contribution >= 4 is 22.9 Å². The summed E-state index contributed by atoms with van der Waals surface area (Å²) in [4.78, 5) is 19.3. The van der Waals surface area contributed by atoms with Gasteiger partial charge in [0, 0.05) is 11.1 Å². The molecule has 2 heterocycles. The van der Waals surface area contributed by atoms with Crippen molar-refractivity contribution in [2.75, 3.05) is 18.4 Å². The molecule has 1 aliphatic rings. The van der Waals surface area contributed by atoms with Crippen molar-refractivity contribution in [3.8, 4) is 0 Å². The van der Waals surface area contributed by atoms with Gasteiger partial charge in [-0.1, -0.05) is 25.5 Å². The number of benzene rings is 1. The fourth-order valence-electron chi connectivity index (χ4n) is 3.00. The molecule has 0 saturated carbocycles. The Labute approximate surface area is 147 Å². The zero-order valence-corrected chi connectivity index (χ0v) is 15.1. The van der Waals surface area contributed by atoms with Gasteiger partial charge in [0.15, 0.2) is 0 Å². The second kappa shape index (κ2) is 8.40. The van der Waals surface area contributed by atoms with E-state index < -0.39 is 0 Å². The molecule has 0 unspecified atom stereocenters. The average molecular weight is 343 g/mol. The molecule has 4 nitrogen and oxygen atoms in total. The van der Waals surface area contributed by atoms with Gasteiger partial charge < -0.3 is 5.32 Å². The Kier molecular flexibility index (Phi) is 5.99. The Morgan fingerprint density at radius 2 is 1.96 bits per heavy atom. The Hall–Kier alpha value is -1.72. The number of piperidine rings is 1. The highest BCUT2D eigenvalue weighted by Crippen LogP contribution is 2.17. The van der Waals surface area contributed by atoms with Gasteiger partial charge in [0.25, 0.3) is 0 Å². The molecule has 128 valence electrons. The van der Waals surface area contributed by atoms with Gasteiger partial charge in [0.1, 0.15) is 5.01 Å². The number of aromatic nitrogens is 1. The Morgan fingerprint density at radius 3 is 2.67 bits per heavy atom. The van der Waals surface area contributed by atoms with Crippen LogP contribution in [-0.4, -0.2) is 28.9 Å². The van der Waals surface area contributed by atoms with Gasteiger partial charge >= 0.3 is 0 Å². The lowest BCUT2D eigenvalue weighted by molar-refractivity contribution is -0.115. The van der Waals surface area contributed by atoms with E-state index >= 15 is 0 Å². The second-order valence-corrected chi connectivity index (χ2v) is 7.29. The van der Waals surface area contributed by atoms with Gasteiger partial charge in [-0.3, -0.25) is 9.69 Å². The number of carbonyl (C=O) groups is 1. The lowest BCUT2D eigenvalue weighted by atomic mass is 10.1. The molecule has 1 N–H and O–H groups in total. The first-order valence-electron chi connectivity index (χ1n) is 8.77. The fraction of sp³-hybridized carbons (Fsp3) is 0.474. The minimum Gasteiger partial charge on any atom is -0.326 e. The van der Waals surface area contributed by atoms with Gasteiger partial charge in [-0.2, -0.15) is 0 Å². The van der Waals surface area contributed by atoms with Crippen LogP contribution in [0.2, 0.25) is 0 Å². The third kappa shape index (κ3) is 4.89. The van der Waals surface area contributed by atoms with E-state index in [1.807, 2.05) is 17.5 Å². The van der Waals surface area contributed by atoms with Crippen LogP contribution < -0.4 is 5.32 Å². The van der Waals surface area contributed by atoms with E-state index in [-0.39, 0.29) is 5.91 Å². The summed E-state index contributed by atoms with van der Waals surface area (Å²) in [6, 6.07) is 8.02. The van der Waals surface area contributed by atoms with Gasteiger partial charge in [-0.25, -0.2) is 4.98 Å². The van der Waals surface area contributed by atoms with Crippen LogP contribution >= 0.6 is 11.3 Å². The van der Waals surface area contributed by atoms with E-state index in [1.54, 1.807) is 11.3 Å². The average Bonchev–Trinajstić information content (AvgIpc) is 3.03. The molecule has 0 bridgehead atoms. The quantitative estimate of drug-likeness (QED) is 0.866. The summed E-state index contributed by atoms with van der Waals surface area (Å²) < 4.78 is 0. The topological polar surface area (TPSA) is 45.2 Å². The number of thiazole rings is 1. The normalized spacial score (nSPS) is 15.4. The second-order valence-electron chi connectivity index (χ2n) is 6.34. The Balaban J connectivity index is 1.50. The minimum absolute atomic E-state index is 0.00549. The molecule has 1 aliphatic heterocycles. The summed E-state index contributed by atoms with van der Waals surface area (Å²) in [5.41, 5.74) is 2.99. The SMILES string of the molecule is CCc1ccc(NC(=O)Cc2csc(CN3CCCCC3)n2)cc1. The first-order chi connectivity index (χ1) is 11.7. The smallest absolute Gasteiger partial charge is 0.230 e. The highest BCUT2D eigenvalue weighted by atomic mass is 32.1. The molecule has 0 aliphatic carbocycles. The summed E-state index contributed by atoms with van der Waals surface area (Å²) in [6.07, 6.45) is 5.27. The number of carbonyl (C=O) groups excluding carboxylic acids is 1. The molecule has 0 radical (unpaired) electrons. The summed E-state index contributed by atoms with van der Waals surface area (Å²) in [5.74, 6) is -0.00549. The third-order valence-electron chi connectivity index (χ3n) is 4.39. The number of amides is 1. The fourth-order valence-corrected chi connectivity index (χ4v) is 3.84. The molecule has 1 saturated heterocycles. The maximum absolute atomic E-state index is 12.2. The third-order valence-corrected chi connectivity index (χ3v) is 5.28. The summed E-state index contributed by atoms with van der Waals surface area (Å²) in [5, 5.41) is 6.08. The van der Waals surface area contributed by atoms with Crippen LogP contribution in [0, 0.1) is 0 Å². The van der Waals surface area contributed by atoms with Crippen molar-refractivity contribution in [1.29, 1.82) is 0 Å². The number of hydrogen-bond donors (Lipinski definition) is 1. The lowest BCUT2D eigenvalue weighted by Gasteiger charge is -2.25. The number of hydrogen-bond acceptors (Lipinski definition) is 4. The molecule has 0 atom stereocenters. The van der Waals surface area contributed by atoms with E-state index in [0.717, 1.165) is 29.4 Å². The van der Waals surface area contributed by atoms with Crippen LogP contribution in [0.25, 0.3) is 0 Å². The molecule has 2 aromatic rings. The van der Waals surface area contributed by atoms with E-state index in [0.29, 0.717) is 6.42 Å². The zero-order valence-electron chi connectivity index (χ0n) is 14.3. The van der Waals surface area contributed by atoms with E-state index in [2.05, 4.69) is 34.3 Å². The molecule has 5 heteroatoms. The molecule has 1 fully saturated rings. The summed E-state index contributed by atoms with van der Waals surface area (Å²) in [7, 11) is 0. The summed E-state index contributed by atoms with van der Waals surface area (Å²) in [6.45, 7) is 5.38. The molecule has 0 spiro atoms. The predicted octanol–water partition coefficient (Wildman–Crippen LogP) is 3.87. The standard InChI is InChI=1S/C19H25N3OS/c1-2-15-6-8-16(9-7-15)20-18(23)12-17-14-24-19(21-17)13-22-10-4-3-5-11-22/h6-9,14H,2-5,10-13H2,1H3,(H,20,23). The van der Waals surface area contributed by atoms with E-state index in [9.17, 15) is 4.79 Å². The van der Waals surface area contributed by atoms with Crippen molar-refractivity contribution in [1.82, 2.24) is 9.88 Å². The monoisotopic (exact) mass is 343 g/mol. The minimum atomic E-state index is -0.00549. The number of likely N-dealkylation sites (tertiary alicyclic amines) is 1. The van der Waals surface area contributed by atoms with Gasteiger partial charge in [0.05, 0.1) is 18.7 Å². The van der Waals surface area contributed by atoms with Crippen molar-refractivity contribution in [3.05, 3.63) is 45.9 Å². The molecule has 3 rings (SSSR count). The Morgan fingerprint density at radius 1 is 1.21 bits per heavy atom. The van der Waals surface area contributed by atoms with Crippen LogP contribution in [0.5, 0.6) is 0 Å². The number of nitrogens with one attached hydrogen (secondary N) is 1. The molecule has 1 amide bonds. The number of nitrogens with zero attached hydrogens (tertiary/aromatic N) is 2. The first kappa shape index (κ1) is 17.1. The van der Waals surface area contributed by atoms with Crippen LogP contribution in [0.3, 0.4) is 0 Å². The van der Waals surface area contributed by atoms with Crippen LogP contribution in [0.1, 0.15) is 42.5 Å². The molecule has 1 aromatic carbocycles. The number of aryl methyl sites for hydroxylation is 1. The van der Waals surface area contributed by atoms with Crippen molar-refractivity contribution in [2.45, 2.75) is 45.6 Å².